The first-order valence-electron chi connectivity index (χ1n) is 7.93. The van der Waals surface area contributed by atoms with Crippen LogP contribution in [0.1, 0.15) is 32.1 Å². The summed E-state index contributed by atoms with van der Waals surface area (Å²) in [4.78, 5) is 14.4. The van der Waals surface area contributed by atoms with E-state index in [9.17, 15) is 4.79 Å². The van der Waals surface area contributed by atoms with E-state index in [1.807, 2.05) is 6.08 Å². The van der Waals surface area contributed by atoms with Gasteiger partial charge in [-0.25, -0.2) is 4.79 Å². The summed E-state index contributed by atoms with van der Waals surface area (Å²) in [6.45, 7) is 6.31. The van der Waals surface area contributed by atoms with Crippen LogP contribution >= 0.6 is 0 Å². The van der Waals surface area contributed by atoms with E-state index in [2.05, 4.69) is 30.7 Å². The van der Waals surface area contributed by atoms with Crippen LogP contribution in [0.2, 0.25) is 0 Å². The van der Waals surface area contributed by atoms with Gasteiger partial charge in [0.1, 0.15) is 0 Å². The Kier molecular flexibility index (Phi) is 8.13. The second-order valence-corrected chi connectivity index (χ2v) is 6.21. The fourth-order valence-electron chi connectivity index (χ4n) is 2.87. The lowest BCUT2D eigenvalue weighted by Gasteiger charge is -2.28. The fourth-order valence-corrected chi connectivity index (χ4v) is 2.87. The van der Waals surface area contributed by atoms with Gasteiger partial charge in [-0.3, -0.25) is 4.90 Å². The van der Waals surface area contributed by atoms with Gasteiger partial charge in [-0.05, 0) is 51.0 Å². The van der Waals surface area contributed by atoms with Crippen LogP contribution in [0.5, 0.6) is 0 Å². The fraction of sp³-hybridized carbons (Fsp3) is 0.706. The van der Waals surface area contributed by atoms with Gasteiger partial charge in [0.2, 0.25) is 0 Å². The maximum Gasteiger partial charge on any atom is 0.407 e. The molecule has 1 saturated carbocycles. The van der Waals surface area contributed by atoms with Gasteiger partial charge in [0, 0.05) is 26.7 Å². The molecular weight excluding hydrogens is 264 g/mol. The Labute approximate surface area is 129 Å². The average molecular weight is 294 g/mol. The van der Waals surface area contributed by atoms with E-state index < -0.39 is 6.09 Å². The molecule has 0 aromatic rings. The molecule has 0 atom stereocenters. The highest BCUT2D eigenvalue weighted by atomic mass is 16.4. The molecule has 0 radical (unpaired) electrons. The van der Waals surface area contributed by atoms with E-state index in [1.165, 1.54) is 30.6 Å². The van der Waals surface area contributed by atoms with Crippen molar-refractivity contribution in [1.29, 1.82) is 0 Å². The van der Waals surface area contributed by atoms with Crippen molar-refractivity contribution >= 4 is 6.09 Å². The van der Waals surface area contributed by atoms with Gasteiger partial charge in [0.25, 0.3) is 0 Å². The number of hydrogen-bond donors (Lipinski definition) is 1. The van der Waals surface area contributed by atoms with Crippen molar-refractivity contribution in [2.45, 2.75) is 32.1 Å². The van der Waals surface area contributed by atoms with Crippen LogP contribution in [0, 0.1) is 11.8 Å². The van der Waals surface area contributed by atoms with E-state index in [0.717, 1.165) is 19.5 Å². The Morgan fingerprint density at radius 1 is 1.24 bits per heavy atom. The van der Waals surface area contributed by atoms with E-state index in [1.54, 1.807) is 7.05 Å². The minimum absolute atomic E-state index is 0.660. The van der Waals surface area contributed by atoms with Crippen LogP contribution in [0.15, 0.2) is 24.8 Å². The third-order valence-electron chi connectivity index (χ3n) is 4.36. The normalized spacial score (nSPS) is 22.6. The third kappa shape index (κ3) is 7.32. The maximum absolute atomic E-state index is 10.8. The molecule has 1 rings (SSSR count). The zero-order chi connectivity index (χ0) is 15.7. The Morgan fingerprint density at radius 3 is 2.48 bits per heavy atom. The molecule has 21 heavy (non-hydrogen) atoms. The number of allylic oxidation sites excluding steroid dienone is 1. The van der Waals surface area contributed by atoms with Gasteiger partial charge < -0.3 is 10.0 Å². The minimum Gasteiger partial charge on any atom is -0.465 e. The van der Waals surface area contributed by atoms with Crippen LogP contribution < -0.4 is 0 Å². The first-order valence-corrected chi connectivity index (χ1v) is 7.93. The van der Waals surface area contributed by atoms with E-state index >= 15 is 0 Å². The quantitative estimate of drug-likeness (QED) is 0.697. The maximum atomic E-state index is 10.8. The van der Waals surface area contributed by atoms with E-state index in [-0.39, 0.29) is 0 Å². The average Bonchev–Trinajstić information content (AvgIpc) is 2.46. The number of rotatable bonds is 8. The molecule has 0 aromatic carbocycles. The Hall–Kier alpha value is -1.29. The van der Waals surface area contributed by atoms with Crippen molar-refractivity contribution in [2.24, 2.45) is 11.8 Å². The number of likely N-dealkylation sites (N-methyl/N-ethyl adjacent to an activating group) is 1. The molecule has 0 spiro atoms. The lowest BCUT2D eigenvalue weighted by Crippen LogP contribution is -2.28. The number of carboxylic acid groups (broad SMARTS) is 1. The molecule has 1 N–H and O–H groups in total. The Bertz CT molecular complexity index is 347. The van der Waals surface area contributed by atoms with Gasteiger partial charge in [-0.15, -0.1) is 6.58 Å². The Balaban J connectivity index is 2.18. The summed E-state index contributed by atoms with van der Waals surface area (Å²) in [5, 5.41) is 8.84. The van der Waals surface area contributed by atoms with Crippen molar-refractivity contribution in [3.05, 3.63) is 24.8 Å². The summed E-state index contributed by atoms with van der Waals surface area (Å²) in [7, 11) is 3.75. The van der Waals surface area contributed by atoms with Crippen molar-refractivity contribution in [3.8, 4) is 0 Å². The largest absolute Gasteiger partial charge is 0.465 e. The molecular formula is C17H30N2O2. The summed E-state index contributed by atoms with van der Waals surface area (Å²) in [5.41, 5.74) is 0. The molecule has 0 unspecified atom stereocenters. The molecule has 0 heterocycles. The SMILES string of the molecule is C=CCN(C)CC=CC1CCC(CCN(C)C(=O)O)CC1. The first kappa shape index (κ1) is 17.8. The molecule has 120 valence electrons. The molecule has 1 aliphatic rings. The smallest absolute Gasteiger partial charge is 0.407 e. The predicted molar refractivity (Wildman–Crippen MR) is 87.6 cm³/mol. The van der Waals surface area contributed by atoms with Crippen molar-refractivity contribution < 1.29 is 9.90 Å². The second kappa shape index (κ2) is 9.61. The van der Waals surface area contributed by atoms with Gasteiger partial charge in [-0.1, -0.05) is 18.2 Å². The van der Waals surface area contributed by atoms with Gasteiger partial charge in [-0.2, -0.15) is 0 Å². The number of carbonyl (C=O) groups is 1. The van der Waals surface area contributed by atoms with E-state index in [0.29, 0.717) is 18.4 Å². The van der Waals surface area contributed by atoms with Crippen molar-refractivity contribution in [3.63, 3.8) is 0 Å². The lowest BCUT2D eigenvalue weighted by molar-refractivity contribution is 0.150. The zero-order valence-corrected chi connectivity index (χ0v) is 13.5. The second-order valence-electron chi connectivity index (χ2n) is 6.21. The van der Waals surface area contributed by atoms with Crippen LogP contribution in [0.3, 0.4) is 0 Å². The minimum atomic E-state index is -0.824. The summed E-state index contributed by atoms with van der Waals surface area (Å²) < 4.78 is 0. The van der Waals surface area contributed by atoms with Crippen LogP contribution in [0.4, 0.5) is 4.79 Å². The van der Waals surface area contributed by atoms with Crippen LogP contribution in [-0.2, 0) is 0 Å². The Morgan fingerprint density at radius 2 is 1.90 bits per heavy atom. The van der Waals surface area contributed by atoms with Crippen molar-refractivity contribution in [2.75, 3.05) is 33.7 Å². The summed E-state index contributed by atoms with van der Waals surface area (Å²) in [5.74, 6) is 1.40. The highest BCUT2D eigenvalue weighted by Gasteiger charge is 2.20. The lowest BCUT2D eigenvalue weighted by atomic mass is 9.80. The summed E-state index contributed by atoms with van der Waals surface area (Å²) >= 11 is 0. The molecule has 1 fully saturated rings. The third-order valence-corrected chi connectivity index (χ3v) is 4.36. The summed E-state index contributed by atoms with van der Waals surface area (Å²) in [6.07, 6.45) is 11.7. The van der Waals surface area contributed by atoms with Gasteiger partial charge in [0.05, 0.1) is 0 Å². The predicted octanol–water partition coefficient (Wildman–Crippen LogP) is 3.47. The molecule has 4 nitrogen and oxygen atoms in total. The topological polar surface area (TPSA) is 43.8 Å². The molecule has 0 bridgehead atoms. The number of amides is 1. The molecule has 1 amide bonds. The highest BCUT2D eigenvalue weighted by Crippen LogP contribution is 2.31. The highest BCUT2D eigenvalue weighted by molar-refractivity contribution is 5.64. The van der Waals surface area contributed by atoms with Crippen LogP contribution in [0.25, 0.3) is 0 Å². The molecule has 0 saturated heterocycles. The zero-order valence-electron chi connectivity index (χ0n) is 13.5. The molecule has 4 heteroatoms. The molecule has 1 aliphatic carbocycles. The standard InChI is InChI=1S/C17H30N2O2/c1-4-12-18(2)13-5-6-15-7-9-16(10-8-15)11-14-19(3)17(20)21/h4-6,15-16H,1,7-14H2,2-3H3,(H,20,21). The number of hydrogen-bond acceptors (Lipinski definition) is 2. The molecule has 0 aromatic heterocycles. The van der Waals surface area contributed by atoms with Crippen LogP contribution in [-0.4, -0.2) is 54.7 Å². The first-order chi connectivity index (χ1) is 10.0. The monoisotopic (exact) mass is 294 g/mol. The van der Waals surface area contributed by atoms with E-state index in [4.69, 9.17) is 5.11 Å². The summed E-state index contributed by atoms with van der Waals surface area (Å²) in [6, 6.07) is 0. The van der Waals surface area contributed by atoms with Gasteiger partial charge >= 0.3 is 6.09 Å². The number of nitrogens with zero attached hydrogens (tertiary/aromatic N) is 2. The van der Waals surface area contributed by atoms with Gasteiger partial charge in [0.15, 0.2) is 0 Å². The van der Waals surface area contributed by atoms with Crippen molar-refractivity contribution in [1.82, 2.24) is 9.80 Å². The molecule has 0 aliphatic heterocycles.